The molecule has 1 heterocycles. The normalized spacial score (nSPS) is 29.5. The van der Waals surface area contributed by atoms with Crippen molar-refractivity contribution in [3.8, 4) is 0 Å². The SMILES string of the molecule is CC(C)(C)C1CCC(N)(Cc2cc(Br)cs2)CC1. The summed E-state index contributed by atoms with van der Waals surface area (Å²) in [6, 6.07) is 2.22. The quantitative estimate of drug-likeness (QED) is 0.812. The smallest absolute Gasteiger partial charge is 0.0285 e. The summed E-state index contributed by atoms with van der Waals surface area (Å²) in [5, 5.41) is 2.15. The van der Waals surface area contributed by atoms with Crippen LogP contribution in [-0.2, 0) is 6.42 Å². The number of nitrogens with two attached hydrogens (primary N) is 1. The predicted octanol–water partition coefficient (Wildman–Crippen LogP) is 4.99. The molecule has 2 N–H and O–H groups in total. The molecule has 2 rings (SSSR count). The fraction of sp³-hybridized carbons (Fsp3) is 0.733. The second-order valence-electron chi connectivity index (χ2n) is 6.91. The van der Waals surface area contributed by atoms with E-state index in [-0.39, 0.29) is 5.54 Å². The van der Waals surface area contributed by atoms with Crippen molar-refractivity contribution in [2.24, 2.45) is 17.1 Å². The van der Waals surface area contributed by atoms with Gasteiger partial charge in [0.15, 0.2) is 0 Å². The molecule has 1 aromatic rings. The van der Waals surface area contributed by atoms with Crippen LogP contribution in [0, 0.1) is 11.3 Å². The third-order valence-electron chi connectivity index (χ3n) is 4.35. The van der Waals surface area contributed by atoms with E-state index < -0.39 is 0 Å². The van der Waals surface area contributed by atoms with Gasteiger partial charge in [-0.05, 0) is 65.4 Å². The molecule has 18 heavy (non-hydrogen) atoms. The van der Waals surface area contributed by atoms with E-state index in [0.29, 0.717) is 5.41 Å². The Bertz CT molecular complexity index is 397. The van der Waals surface area contributed by atoms with Crippen LogP contribution in [0.4, 0.5) is 0 Å². The first-order valence-electron chi connectivity index (χ1n) is 6.80. The van der Waals surface area contributed by atoms with Crippen LogP contribution >= 0.6 is 27.3 Å². The Morgan fingerprint density at radius 3 is 2.44 bits per heavy atom. The van der Waals surface area contributed by atoms with Gasteiger partial charge in [-0.3, -0.25) is 0 Å². The zero-order chi connectivity index (χ0) is 13.4. The van der Waals surface area contributed by atoms with Crippen molar-refractivity contribution < 1.29 is 0 Å². The third-order valence-corrected chi connectivity index (χ3v) is 6.05. The average molecular weight is 330 g/mol. The highest BCUT2D eigenvalue weighted by atomic mass is 79.9. The molecule has 1 saturated carbocycles. The Hall–Kier alpha value is 0.140. The Kier molecular flexibility index (Phi) is 4.25. The van der Waals surface area contributed by atoms with E-state index >= 15 is 0 Å². The monoisotopic (exact) mass is 329 g/mol. The first kappa shape index (κ1) is 14.5. The molecule has 1 aliphatic carbocycles. The number of hydrogen-bond donors (Lipinski definition) is 1. The zero-order valence-corrected chi connectivity index (χ0v) is 14.0. The lowest BCUT2D eigenvalue weighted by molar-refractivity contribution is 0.134. The summed E-state index contributed by atoms with van der Waals surface area (Å²) in [6.07, 6.45) is 5.95. The molecule has 1 aliphatic rings. The van der Waals surface area contributed by atoms with E-state index in [9.17, 15) is 0 Å². The molecule has 0 spiro atoms. The highest BCUT2D eigenvalue weighted by molar-refractivity contribution is 9.10. The molecular weight excluding hydrogens is 306 g/mol. The van der Waals surface area contributed by atoms with Gasteiger partial charge in [0, 0.05) is 20.3 Å². The van der Waals surface area contributed by atoms with Crippen molar-refractivity contribution in [2.75, 3.05) is 0 Å². The lowest BCUT2D eigenvalue weighted by Gasteiger charge is -2.42. The molecular formula is C15H24BrNS. The molecule has 1 aromatic heterocycles. The van der Waals surface area contributed by atoms with Gasteiger partial charge in [-0.25, -0.2) is 0 Å². The molecule has 0 unspecified atom stereocenters. The molecule has 0 saturated heterocycles. The van der Waals surface area contributed by atoms with Crippen molar-refractivity contribution >= 4 is 27.3 Å². The lowest BCUT2D eigenvalue weighted by Crippen LogP contribution is -2.46. The van der Waals surface area contributed by atoms with E-state index in [0.717, 1.165) is 12.3 Å². The van der Waals surface area contributed by atoms with Crippen molar-refractivity contribution in [3.05, 3.63) is 20.8 Å². The Morgan fingerprint density at radius 1 is 1.39 bits per heavy atom. The van der Waals surface area contributed by atoms with Crippen molar-refractivity contribution in [3.63, 3.8) is 0 Å². The summed E-state index contributed by atoms with van der Waals surface area (Å²) >= 11 is 5.34. The minimum atomic E-state index is 0.0338. The van der Waals surface area contributed by atoms with Gasteiger partial charge in [0.05, 0.1) is 0 Å². The molecule has 0 bridgehead atoms. The van der Waals surface area contributed by atoms with E-state index in [1.807, 2.05) is 11.3 Å². The van der Waals surface area contributed by atoms with E-state index in [1.54, 1.807) is 0 Å². The third kappa shape index (κ3) is 3.58. The predicted molar refractivity (Wildman–Crippen MR) is 84.1 cm³/mol. The molecule has 0 radical (unpaired) electrons. The van der Waals surface area contributed by atoms with Gasteiger partial charge in [-0.1, -0.05) is 20.8 Å². The topological polar surface area (TPSA) is 26.0 Å². The summed E-state index contributed by atoms with van der Waals surface area (Å²) in [5.41, 5.74) is 7.07. The van der Waals surface area contributed by atoms with Crippen LogP contribution < -0.4 is 5.73 Å². The van der Waals surface area contributed by atoms with Crippen molar-refractivity contribution in [1.82, 2.24) is 0 Å². The number of rotatable bonds is 2. The van der Waals surface area contributed by atoms with Crippen LogP contribution in [0.15, 0.2) is 15.9 Å². The number of hydrogen-bond acceptors (Lipinski definition) is 2. The van der Waals surface area contributed by atoms with Crippen molar-refractivity contribution in [2.45, 2.75) is 58.4 Å². The van der Waals surface area contributed by atoms with Crippen LogP contribution in [0.2, 0.25) is 0 Å². The maximum absolute atomic E-state index is 6.60. The molecule has 0 atom stereocenters. The van der Waals surface area contributed by atoms with Crippen LogP contribution in [0.25, 0.3) is 0 Å². The van der Waals surface area contributed by atoms with Gasteiger partial charge in [0.25, 0.3) is 0 Å². The summed E-state index contributed by atoms with van der Waals surface area (Å²) in [6.45, 7) is 7.08. The van der Waals surface area contributed by atoms with E-state index in [4.69, 9.17) is 5.73 Å². The van der Waals surface area contributed by atoms with Crippen LogP contribution in [-0.4, -0.2) is 5.54 Å². The lowest BCUT2D eigenvalue weighted by atomic mass is 9.67. The minimum Gasteiger partial charge on any atom is -0.325 e. The molecule has 1 nitrogen and oxygen atoms in total. The first-order chi connectivity index (χ1) is 8.28. The van der Waals surface area contributed by atoms with Gasteiger partial charge in [0.2, 0.25) is 0 Å². The van der Waals surface area contributed by atoms with Gasteiger partial charge < -0.3 is 5.73 Å². The molecule has 3 heteroatoms. The van der Waals surface area contributed by atoms with Crippen LogP contribution in [0.1, 0.15) is 51.3 Å². The maximum atomic E-state index is 6.60. The minimum absolute atomic E-state index is 0.0338. The zero-order valence-electron chi connectivity index (χ0n) is 11.6. The van der Waals surface area contributed by atoms with Gasteiger partial charge in [0.1, 0.15) is 0 Å². The highest BCUT2D eigenvalue weighted by Gasteiger charge is 2.36. The summed E-state index contributed by atoms with van der Waals surface area (Å²) in [7, 11) is 0. The molecule has 0 amide bonds. The molecule has 1 fully saturated rings. The number of thiophene rings is 1. The molecule has 102 valence electrons. The molecule has 0 aliphatic heterocycles. The second kappa shape index (κ2) is 5.26. The van der Waals surface area contributed by atoms with E-state index in [2.05, 4.69) is 48.1 Å². The standard InChI is InChI=1S/C15H24BrNS/c1-14(2,3)11-4-6-15(17,7-5-11)9-13-8-12(16)10-18-13/h8,10-11H,4-7,9,17H2,1-3H3. The number of halogens is 1. The first-order valence-corrected chi connectivity index (χ1v) is 8.48. The van der Waals surface area contributed by atoms with Gasteiger partial charge in [-0.2, -0.15) is 0 Å². The van der Waals surface area contributed by atoms with Gasteiger partial charge >= 0.3 is 0 Å². The fourth-order valence-electron chi connectivity index (χ4n) is 3.03. The summed E-state index contributed by atoms with van der Waals surface area (Å²) in [4.78, 5) is 1.42. The Balaban J connectivity index is 1.95. The second-order valence-corrected chi connectivity index (χ2v) is 8.82. The Morgan fingerprint density at radius 2 is 2.00 bits per heavy atom. The van der Waals surface area contributed by atoms with Gasteiger partial charge in [-0.15, -0.1) is 11.3 Å². The Labute approximate surface area is 123 Å². The van der Waals surface area contributed by atoms with Crippen LogP contribution in [0.3, 0.4) is 0 Å². The fourth-order valence-corrected chi connectivity index (χ4v) is 4.64. The highest BCUT2D eigenvalue weighted by Crippen LogP contribution is 2.42. The van der Waals surface area contributed by atoms with E-state index in [1.165, 1.54) is 35.0 Å². The summed E-state index contributed by atoms with van der Waals surface area (Å²) in [5.74, 6) is 0.837. The maximum Gasteiger partial charge on any atom is 0.0285 e. The van der Waals surface area contributed by atoms with Crippen LogP contribution in [0.5, 0.6) is 0 Å². The average Bonchev–Trinajstić information content (AvgIpc) is 2.62. The largest absolute Gasteiger partial charge is 0.325 e. The van der Waals surface area contributed by atoms with Crippen molar-refractivity contribution in [1.29, 1.82) is 0 Å². The summed E-state index contributed by atoms with van der Waals surface area (Å²) < 4.78 is 1.19. The molecule has 0 aromatic carbocycles.